The molecule has 3 heteroatoms. The monoisotopic (exact) mass is 318 g/mol. The van der Waals surface area contributed by atoms with E-state index in [2.05, 4.69) is 29.7 Å². The zero-order valence-electron chi connectivity index (χ0n) is 12.7. The van der Waals surface area contributed by atoms with Gasteiger partial charge in [0.15, 0.2) is 0 Å². The van der Waals surface area contributed by atoms with E-state index in [1.54, 1.807) is 6.07 Å². The van der Waals surface area contributed by atoms with Crippen LogP contribution >= 0.6 is 11.6 Å². The van der Waals surface area contributed by atoms with Crippen LogP contribution in [0.25, 0.3) is 17.3 Å². The first-order chi connectivity index (χ1) is 11.2. The maximum absolute atomic E-state index is 9.53. The van der Waals surface area contributed by atoms with Gasteiger partial charge in [0.05, 0.1) is 11.6 Å². The normalized spacial score (nSPS) is 11.3. The van der Waals surface area contributed by atoms with E-state index < -0.39 is 0 Å². The molecule has 0 saturated carbocycles. The van der Waals surface area contributed by atoms with Crippen molar-refractivity contribution in [2.75, 3.05) is 0 Å². The van der Waals surface area contributed by atoms with Crippen LogP contribution in [0.1, 0.15) is 16.8 Å². The molecule has 0 amide bonds. The Morgan fingerprint density at radius 3 is 2.52 bits per heavy atom. The van der Waals surface area contributed by atoms with Gasteiger partial charge in [0.25, 0.3) is 0 Å². The molecule has 0 fully saturated rings. The van der Waals surface area contributed by atoms with Gasteiger partial charge < -0.3 is 4.57 Å². The number of hydrogen-bond acceptors (Lipinski definition) is 1. The average Bonchev–Trinajstić information content (AvgIpc) is 3.02. The maximum Gasteiger partial charge on any atom is 0.0999 e. The Labute approximate surface area is 140 Å². The molecule has 0 radical (unpaired) electrons. The van der Waals surface area contributed by atoms with E-state index in [0.717, 1.165) is 16.9 Å². The van der Waals surface area contributed by atoms with Crippen molar-refractivity contribution >= 4 is 23.3 Å². The fourth-order valence-corrected chi connectivity index (χ4v) is 2.80. The average molecular weight is 319 g/mol. The molecule has 2 nitrogen and oxygen atoms in total. The lowest BCUT2D eigenvalue weighted by Crippen LogP contribution is -1.97. The van der Waals surface area contributed by atoms with E-state index in [1.807, 2.05) is 54.7 Å². The van der Waals surface area contributed by atoms with Gasteiger partial charge in [-0.25, -0.2) is 0 Å². The Bertz CT molecular complexity index is 913. The number of rotatable bonds is 3. The van der Waals surface area contributed by atoms with Crippen LogP contribution in [0.3, 0.4) is 0 Å². The number of nitriles is 1. The molecule has 3 aromatic rings. The first-order valence-corrected chi connectivity index (χ1v) is 7.68. The van der Waals surface area contributed by atoms with Gasteiger partial charge in [0.1, 0.15) is 0 Å². The van der Waals surface area contributed by atoms with Crippen LogP contribution < -0.4 is 0 Å². The van der Waals surface area contributed by atoms with Crippen LogP contribution in [0, 0.1) is 18.3 Å². The van der Waals surface area contributed by atoms with Gasteiger partial charge in [0.2, 0.25) is 0 Å². The van der Waals surface area contributed by atoms with Gasteiger partial charge in [0, 0.05) is 28.2 Å². The Morgan fingerprint density at radius 2 is 1.78 bits per heavy atom. The van der Waals surface area contributed by atoms with E-state index in [9.17, 15) is 5.26 Å². The topological polar surface area (TPSA) is 28.7 Å². The Morgan fingerprint density at radius 1 is 1.04 bits per heavy atom. The highest BCUT2D eigenvalue weighted by atomic mass is 35.5. The number of aromatic nitrogens is 1. The van der Waals surface area contributed by atoms with Crippen molar-refractivity contribution in [2.24, 2.45) is 0 Å². The zero-order valence-corrected chi connectivity index (χ0v) is 13.5. The number of nitrogens with zero attached hydrogens (tertiary/aromatic N) is 2. The molecule has 3 rings (SSSR count). The summed E-state index contributed by atoms with van der Waals surface area (Å²) in [6.45, 7) is 2.07. The highest BCUT2D eigenvalue weighted by molar-refractivity contribution is 6.32. The summed E-state index contributed by atoms with van der Waals surface area (Å²) in [4.78, 5) is 0. The predicted molar refractivity (Wildman–Crippen MR) is 95.4 cm³/mol. The van der Waals surface area contributed by atoms with E-state index >= 15 is 0 Å². The van der Waals surface area contributed by atoms with Crippen LogP contribution in [-0.2, 0) is 0 Å². The van der Waals surface area contributed by atoms with E-state index in [4.69, 9.17) is 11.6 Å². The molecule has 0 saturated heterocycles. The highest BCUT2D eigenvalue weighted by Crippen LogP contribution is 2.26. The van der Waals surface area contributed by atoms with Gasteiger partial charge in [-0.3, -0.25) is 0 Å². The van der Waals surface area contributed by atoms with E-state index in [-0.39, 0.29) is 0 Å². The van der Waals surface area contributed by atoms with Crippen molar-refractivity contribution in [1.29, 1.82) is 5.26 Å². The van der Waals surface area contributed by atoms with Crippen molar-refractivity contribution in [2.45, 2.75) is 6.92 Å². The summed E-state index contributed by atoms with van der Waals surface area (Å²) in [5, 5.41) is 10.1. The van der Waals surface area contributed by atoms with E-state index in [0.29, 0.717) is 10.6 Å². The molecule has 0 bridgehead atoms. The second-order valence-electron chi connectivity index (χ2n) is 5.24. The third kappa shape index (κ3) is 3.06. The maximum atomic E-state index is 9.53. The number of aryl methyl sites for hydroxylation is 1. The third-order valence-corrected chi connectivity index (χ3v) is 4.06. The fourth-order valence-electron chi connectivity index (χ4n) is 2.56. The molecular formula is C20H15ClN2. The molecule has 2 aromatic carbocycles. The van der Waals surface area contributed by atoms with Crippen molar-refractivity contribution in [3.8, 4) is 11.8 Å². The largest absolute Gasteiger partial charge is 0.317 e. The molecule has 0 N–H and O–H groups in total. The Hall–Kier alpha value is -2.76. The smallest absolute Gasteiger partial charge is 0.0999 e. The highest BCUT2D eigenvalue weighted by Gasteiger charge is 2.08. The molecule has 0 spiro atoms. The minimum Gasteiger partial charge on any atom is -0.317 e. The number of allylic oxidation sites excluding steroid dienone is 1. The molecule has 0 atom stereocenters. The fraction of sp³-hybridized carbons (Fsp3) is 0.0500. The molecule has 0 aliphatic heterocycles. The summed E-state index contributed by atoms with van der Waals surface area (Å²) < 4.78 is 2.07. The summed E-state index contributed by atoms with van der Waals surface area (Å²) in [5.41, 5.74) is 4.50. The lowest BCUT2D eigenvalue weighted by molar-refractivity contribution is 1.04. The molecule has 1 heterocycles. The van der Waals surface area contributed by atoms with Crippen LogP contribution in [-0.4, -0.2) is 4.57 Å². The third-order valence-electron chi connectivity index (χ3n) is 3.73. The summed E-state index contributed by atoms with van der Waals surface area (Å²) in [5.74, 6) is 0. The van der Waals surface area contributed by atoms with Crippen molar-refractivity contribution < 1.29 is 0 Å². The van der Waals surface area contributed by atoms with E-state index in [1.165, 1.54) is 5.56 Å². The molecule has 112 valence electrons. The minimum atomic E-state index is 0.545. The summed E-state index contributed by atoms with van der Waals surface area (Å²) in [7, 11) is 0. The van der Waals surface area contributed by atoms with Crippen LogP contribution in [0.2, 0.25) is 5.02 Å². The Kier molecular flexibility index (Phi) is 4.32. The van der Waals surface area contributed by atoms with Gasteiger partial charge in [-0.15, -0.1) is 0 Å². The predicted octanol–water partition coefficient (Wildman–Crippen LogP) is 5.50. The van der Waals surface area contributed by atoms with Crippen molar-refractivity contribution in [1.82, 2.24) is 4.57 Å². The van der Waals surface area contributed by atoms with Crippen LogP contribution in [0.5, 0.6) is 0 Å². The minimum absolute atomic E-state index is 0.545. The zero-order chi connectivity index (χ0) is 16.2. The Balaban J connectivity index is 2.11. The first kappa shape index (κ1) is 15.1. The number of halogens is 1. The van der Waals surface area contributed by atoms with Crippen LogP contribution in [0.4, 0.5) is 0 Å². The van der Waals surface area contributed by atoms with Crippen molar-refractivity contribution in [3.63, 3.8) is 0 Å². The molecule has 0 aliphatic rings. The quantitative estimate of drug-likeness (QED) is 0.586. The van der Waals surface area contributed by atoms with Gasteiger partial charge >= 0.3 is 0 Å². The second kappa shape index (κ2) is 6.56. The molecule has 0 unspecified atom stereocenters. The molecule has 1 aromatic heterocycles. The van der Waals surface area contributed by atoms with Gasteiger partial charge in [-0.1, -0.05) is 48.0 Å². The van der Waals surface area contributed by atoms with Crippen molar-refractivity contribution in [3.05, 3.63) is 88.7 Å². The first-order valence-electron chi connectivity index (χ1n) is 7.31. The number of benzene rings is 2. The lowest BCUT2D eigenvalue weighted by atomic mass is 10.1. The summed E-state index contributed by atoms with van der Waals surface area (Å²) in [6.07, 6.45) is 3.86. The standard InChI is InChI=1S/C20H15ClN2/c1-15-7-2-5-11-20(15)23-12-6-8-17(23)13-16(14-22)18-9-3-4-10-19(18)21/h2-13H,1H3. The van der Waals surface area contributed by atoms with Gasteiger partial charge in [-0.2, -0.15) is 5.26 Å². The van der Waals surface area contributed by atoms with Gasteiger partial charge in [-0.05, 0) is 42.8 Å². The number of para-hydroxylation sites is 1. The number of hydrogen-bond donors (Lipinski definition) is 0. The molecule has 0 aliphatic carbocycles. The second-order valence-corrected chi connectivity index (χ2v) is 5.65. The lowest BCUT2D eigenvalue weighted by Gasteiger charge is -2.10. The SMILES string of the molecule is Cc1ccccc1-n1cccc1C=C(C#N)c1ccccc1Cl. The molecule has 23 heavy (non-hydrogen) atoms. The van der Waals surface area contributed by atoms with Crippen LogP contribution in [0.15, 0.2) is 66.9 Å². The summed E-state index contributed by atoms with van der Waals surface area (Å²) >= 11 is 6.22. The molecular weight excluding hydrogens is 304 g/mol. The summed E-state index contributed by atoms with van der Waals surface area (Å²) in [6, 6.07) is 21.8.